The molecule has 0 saturated heterocycles. The fourth-order valence-electron chi connectivity index (χ4n) is 1.16. The van der Waals surface area contributed by atoms with Crippen molar-refractivity contribution in [3.05, 3.63) is 28.8 Å². The molecule has 3 heteroatoms. The van der Waals surface area contributed by atoms with Crippen molar-refractivity contribution in [3.63, 3.8) is 0 Å². The van der Waals surface area contributed by atoms with Crippen LogP contribution in [0.15, 0.2) is 12.1 Å². The third-order valence-electron chi connectivity index (χ3n) is 1.84. The number of phenols is 1. The molecule has 13 heavy (non-hydrogen) atoms. The maximum Gasteiger partial charge on any atom is 0.160 e. The van der Waals surface area contributed by atoms with Crippen LogP contribution in [0.5, 0.6) is 5.75 Å². The van der Waals surface area contributed by atoms with Gasteiger partial charge in [-0.1, -0.05) is 0 Å². The second-order valence-electron chi connectivity index (χ2n) is 2.85. The quantitative estimate of drug-likeness (QED) is 0.661. The zero-order valence-electron chi connectivity index (χ0n) is 7.46. The Labute approximate surface area is 76.2 Å². The maximum atomic E-state index is 11.1. The van der Waals surface area contributed by atoms with Gasteiger partial charge in [0.1, 0.15) is 11.8 Å². The van der Waals surface area contributed by atoms with Crippen molar-refractivity contribution in [2.45, 2.75) is 13.8 Å². The van der Waals surface area contributed by atoms with Crippen LogP contribution < -0.4 is 0 Å². The number of phenolic OH excluding ortho intramolecular Hbond substituents is 1. The van der Waals surface area contributed by atoms with Crippen LogP contribution in [0.1, 0.15) is 28.4 Å². The first-order chi connectivity index (χ1) is 6.06. The van der Waals surface area contributed by atoms with Gasteiger partial charge < -0.3 is 5.11 Å². The molecule has 0 radical (unpaired) electrons. The average molecular weight is 175 g/mol. The van der Waals surface area contributed by atoms with Gasteiger partial charge in [-0.25, -0.2) is 0 Å². The SMILES string of the molecule is CC(=O)c1cc(C#N)c(O)cc1C. The van der Waals surface area contributed by atoms with E-state index < -0.39 is 0 Å². The van der Waals surface area contributed by atoms with Gasteiger partial charge in [-0.2, -0.15) is 5.26 Å². The molecule has 1 N–H and O–H groups in total. The fourth-order valence-corrected chi connectivity index (χ4v) is 1.16. The van der Waals surface area contributed by atoms with E-state index in [0.717, 1.165) is 0 Å². The van der Waals surface area contributed by atoms with Gasteiger partial charge in [-0.15, -0.1) is 0 Å². The zero-order chi connectivity index (χ0) is 10.0. The minimum Gasteiger partial charge on any atom is -0.507 e. The Hall–Kier alpha value is -1.82. The Morgan fingerprint density at radius 2 is 2.15 bits per heavy atom. The number of Topliss-reactive ketones (excluding diaryl/α,β-unsaturated/α-hetero) is 1. The van der Waals surface area contributed by atoms with Crippen LogP contribution >= 0.6 is 0 Å². The summed E-state index contributed by atoms with van der Waals surface area (Å²) in [6.07, 6.45) is 0. The van der Waals surface area contributed by atoms with Crippen LogP contribution in [0.2, 0.25) is 0 Å². The molecule has 0 bridgehead atoms. The van der Waals surface area contributed by atoms with Crippen LogP contribution in [-0.2, 0) is 0 Å². The van der Waals surface area contributed by atoms with Crippen LogP contribution in [-0.4, -0.2) is 10.9 Å². The number of aromatic hydroxyl groups is 1. The van der Waals surface area contributed by atoms with Crippen molar-refractivity contribution < 1.29 is 9.90 Å². The molecular weight excluding hydrogens is 166 g/mol. The number of aryl methyl sites for hydroxylation is 1. The Morgan fingerprint density at radius 1 is 1.54 bits per heavy atom. The lowest BCUT2D eigenvalue weighted by atomic mass is 10.0. The van der Waals surface area contributed by atoms with Crippen molar-refractivity contribution >= 4 is 5.78 Å². The smallest absolute Gasteiger partial charge is 0.160 e. The van der Waals surface area contributed by atoms with E-state index in [1.807, 2.05) is 6.07 Å². The molecule has 1 aromatic carbocycles. The highest BCUT2D eigenvalue weighted by Gasteiger charge is 2.08. The summed E-state index contributed by atoms with van der Waals surface area (Å²) in [6.45, 7) is 3.15. The van der Waals surface area contributed by atoms with Crippen LogP contribution in [0, 0.1) is 18.3 Å². The highest BCUT2D eigenvalue weighted by molar-refractivity contribution is 5.96. The number of nitriles is 1. The van der Waals surface area contributed by atoms with Gasteiger partial charge in [0.15, 0.2) is 5.78 Å². The molecule has 0 saturated carbocycles. The van der Waals surface area contributed by atoms with E-state index in [0.29, 0.717) is 11.1 Å². The molecule has 0 aliphatic heterocycles. The minimum atomic E-state index is -0.103. The van der Waals surface area contributed by atoms with Gasteiger partial charge in [0.25, 0.3) is 0 Å². The van der Waals surface area contributed by atoms with Crippen molar-refractivity contribution in [1.82, 2.24) is 0 Å². The van der Waals surface area contributed by atoms with E-state index in [4.69, 9.17) is 5.26 Å². The van der Waals surface area contributed by atoms with Gasteiger partial charge in [0.2, 0.25) is 0 Å². The molecule has 0 aromatic heterocycles. The normalized spacial score (nSPS) is 9.31. The molecule has 0 aliphatic carbocycles. The number of hydrogen-bond donors (Lipinski definition) is 1. The minimum absolute atomic E-state index is 0.0787. The van der Waals surface area contributed by atoms with E-state index >= 15 is 0 Å². The summed E-state index contributed by atoms with van der Waals surface area (Å²) in [5.41, 5.74) is 1.30. The largest absolute Gasteiger partial charge is 0.507 e. The Balaban J connectivity index is 3.41. The predicted octanol–water partition coefficient (Wildman–Crippen LogP) is 1.77. The molecule has 0 atom stereocenters. The van der Waals surface area contributed by atoms with Gasteiger partial charge >= 0.3 is 0 Å². The lowest BCUT2D eigenvalue weighted by Crippen LogP contribution is -1.96. The third-order valence-corrected chi connectivity index (χ3v) is 1.84. The maximum absolute atomic E-state index is 11.1. The summed E-state index contributed by atoms with van der Waals surface area (Å²) in [7, 11) is 0. The number of nitrogens with zero attached hydrogens (tertiary/aromatic N) is 1. The van der Waals surface area contributed by atoms with Gasteiger partial charge in [0, 0.05) is 5.56 Å². The molecule has 0 aliphatic rings. The molecular formula is C10H9NO2. The molecule has 0 unspecified atom stereocenters. The van der Waals surface area contributed by atoms with E-state index in [1.165, 1.54) is 19.1 Å². The fraction of sp³-hybridized carbons (Fsp3) is 0.200. The van der Waals surface area contributed by atoms with Crippen molar-refractivity contribution in [3.8, 4) is 11.8 Å². The Kier molecular flexibility index (Phi) is 2.34. The molecule has 1 rings (SSSR count). The number of rotatable bonds is 1. The number of hydrogen-bond acceptors (Lipinski definition) is 3. The average Bonchev–Trinajstić information content (AvgIpc) is 2.03. The lowest BCUT2D eigenvalue weighted by molar-refractivity contribution is 0.101. The first-order valence-corrected chi connectivity index (χ1v) is 3.81. The highest BCUT2D eigenvalue weighted by Crippen LogP contribution is 2.21. The summed E-state index contributed by atoms with van der Waals surface area (Å²) in [5.74, 6) is -0.181. The molecule has 0 heterocycles. The molecule has 3 nitrogen and oxygen atoms in total. The molecule has 0 amide bonds. The number of carbonyl (C=O) groups excluding carboxylic acids is 1. The van der Waals surface area contributed by atoms with Gasteiger partial charge in [0.05, 0.1) is 5.56 Å². The van der Waals surface area contributed by atoms with E-state index in [9.17, 15) is 9.90 Å². The van der Waals surface area contributed by atoms with Gasteiger partial charge in [-0.05, 0) is 31.5 Å². The summed E-state index contributed by atoms with van der Waals surface area (Å²) in [5, 5.41) is 17.9. The monoisotopic (exact) mass is 175 g/mol. The zero-order valence-corrected chi connectivity index (χ0v) is 7.46. The van der Waals surface area contributed by atoms with Gasteiger partial charge in [-0.3, -0.25) is 4.79 Å². The second kappa shape index (κ2) is 3.28. The third kappa shape index (κ3) is 1.67. The summed E-state index contributed by atoms with van der Waals surface area (Å²) in [4.78, 5) is 11.1. The van der Waals surface area contributed by atoms with Crippen LogP contribution in [0.25, 0.3) is 0 Å². The van der Waals surface area contributed by atoms with Crippen molar-refractivity contribution in [2.75, 3.05) is 0 Å². The molecule has 66 valence electrons. The highest BCUT2D eigenvalue weighted by atomic mass is 16.3. The summed E-state index contributed by atoms with van der Waals surface area (Å²) < 4.78 is 0. The number of ketones is 1. The van der Waals surface area contributed by atoms with Crippen LogP contribution in [0.4, 0.5) is 0 Å². The summed E-state index contributed by atoms with van der Waals surface area (Å²) in [6, 6.07) is 4.65. The topological polar surface area (TPSA) is 61.1 Å². The van der Waals surface area contributed by atoms with Crippen molar-refractivity contribution in [2.24, 2.45) is 0 Å². The first-order valence-electron chi connectivity index (χ1n) is 3.81. The Morgan fingerprint density at radius 3 is 2.62 bits per heavy atom. The predicted molar refractivity (Wildman–Crippen MR) is 47.6 cm³/mol. The molecule has 0 fully saturated rings. The lowest BCUT2D eigenvalue weighted by Gasteiger charge is -2.03. The van der Waals surface area contributed by atoms with Crippen LogP contribution in [0.3, 0.4) is 0 Å². The summed E-state index contributed by atoms with van der Waals surface area (Å²) >= 11 is 0. The Bertz CT molecular complexity index is 402. The first kappa shape index (κ1) is 9.27. The van der Waals surface area contributed by atoms with Crippen molar-refractivity contribution in [1.29, 1.82) is 5.26 Å². The molecule has 0 spiro atoms. The number of carbonyl (C=O) groups is 1. The molecule has 1 aromatic rings. The van der Waals surface area contributed by atoms with E-state index in [1.54, 1.807) is 6.92 Å². The number of benzene rings is 1. The second-order valence-corrected chi connectivity index (χ2v) is 2.85. The standard InChI is InChI=1S/C10H9NO2/c1-6-3-10(13)8(5-11)4-9(6)7(2)12/h3-4,13H,1-2H3. The van der Waals surface area contributed by atoms with E-state index in [-0.39, 0.29) is 17.1 Å². The van der Waals surface area contributed by atoms with E-state index in [2.05, 4.69) is 0 Å².